The van der Waals surface area contributed by atoms with Gasteiger partial charge in [0, 0.05) is 24.9 Å². The lowest BCUT2D eigenvalue weighted by Gasteiger charge is -2.30. The molecule has 11 nitrogen and oxygen atoms in total. The molecule has 4 aromatic rings. The van der Waals surface area contributed by atoms with E-state index in [9.17, 15) is 0 Å². The molecule has 32 heavy (non-hydrogen) atoms. The van der Waals surface area contributed by atoms with Crippen molar-refractivity contribution in [3.8, 4) is 11.4 Å². The van der Waals surface area contributed by atoms with E-state index in [0.717, 1.165) is 60.6 Å². The number of aromatic nitrogens is 8. The summed E-state index contributed by atoms with van der Waals surface area (Å²) >= 11 is 1.21. The zero-order valence-corrected chi connectivity index (χ0v) is 18.6. The van der Waals surface area contributed by atoms with E-state index in [-0.39, 0.29) is 11.8 Å². The predicted octanol–water partition coefficient (Wildman–Crippen LogP) is 2.98. The molecule has 0 aliphatic carbocycles. The van der Waals surface area contributed by atoms with E-state index in [2.05, 4.69) is 53.2 Å². The molecule has 1 saturated heterocycles. The Morgan fingerprint density at radius 1 is 1.16 bits per heavy atom. The number of anilines is 1. The van der Waals surface area contributed by atoms with Gasteiger partial charge in [0.25, 0.3) is 0 Å². The highest BCUT2D eigenvalue weighted by molar-refractivity contribution is 6.99. The molecule has 0 unspecified atom stereocenters. The molecule has 0 bridgehead atoms. The van der Waals surface area contributed by atoms with E-state index >= 15 is 0 Å². The standard InChI is InChI=1S/C20H23N9O2S/c1-13(2)18-22-20(31-23-18)14-7-9-28(10-8-14)19-17(24-32-25-19)11-30-16-5-3-15(4-6-16)29-12-21-26-27-29/h3-6,12-14H,7-11H2,1-2H3. The van der Waals surface area contributed by atoms with Gasteiger partial charge in [0.2, 0.25) is 5.89 Å². The van der Waals surface area contributed by atoms with Crippen molar-refractivity contribution in [1.82, 2.24) is 39.1 Å². The van der Waals surface area contributed by atoms with Gasteiger partial charge in [-0.3, -0.25) is 0 Å². The summed E-state index contributed by atoms with van der Waals surface area (Å²) in [6.07, 6.45) is 3.43. The Morgan fingerprint density at radius 2 is 1.97 bits per heavy atom. The van der Waals surface area contributed by atoms with Gasteiger partial charge in [-0.15, -0.1) is 5.10 Å². The summed E-state index contributed by atoms with van der Waals surface area (Å²) in [4.78, 5) is 6.83. The largest absolute Gasteiger partial charge is 0.487 e. The lowest BCUT2D eigenvalue weighted by atomic mass is 9.96. The van der Waals surface area contributed by atoms with Crippen molar-refractivity contribution in [2.75, 3.05) is 18.0 Å². The topological polar surface area (TPSA) is 121 Å². The summed E-state index contributed by atoms with van der Waals surface area (Å²) in [5.74, 6) is 3.72. The fourth-order valence-electron chi connectivity index (χ4n) is 3.65. The Balaban J connectivity index is 1.18. The van der Waals surface area contributed by atoms with Gasteiger partial charge in [-0.25, -0.2) is 4.68 Å². The van der Waals surface area contributed by atoms with Crippen LogP contribution in [0.15, 0.2) is 35.1 Å². The highest BCUT2D eigenvalue weighted by Crippen LogP contribution is 2.31. The number of benzene rings is 1. The van der Waals surface area contributed by atoms with Crippen LogP contribution in [0.3, 0.4) is 0 Å². The summed E-state index contributed by atoms with van der Waals surface area (Å²) in [5.41, 5.74) is 1.71. The number of ether oxygens (including phenoxy) is 1. The van der Waals surface area contributed by atoms with E-state index in [0.29, 0.717) is 6.61 Å². The number of hydrogen-bond donors (Lipinski definition) is 0. The number of rotatable bonds is 7. The maximum absolute atomic E-state index is 5.95. The number of hydrogen-bond acceptors (Lipinski definition) is 11. The summed E-state index contributed by atoms with van der Waals surface area (Å²) in [5, 5.41) is 15.3. The lowest BCUT2D eigenvalue weighted by Crippen LogP contribution is -2.34. The smallest absolute Gasteiger partial charge is 0.229 e. The molecule has 0 N–H and O–H groups in total. The predicted molar refractivity (Wildman–Crippen MR) is 116 cm³/mol. The molecule has 0 atom stereocenters. The lowest BCUT2D eigenvalue weighted by molar-refractivity contribution is 0.301. The minimum Gasteiger partial charge on any atom is -0.487 e. The first-order chi connectivity index (χ1) is 15.7. The fourth-order valence-corrected chi connectivity index (χ4v) is 4.22. The molecule has 1 aliphatic rings. The summed E-state index contributed by atoms with van der Waals surface area (Å²) in [6.45, 7) is 6.22. The quantitative estimate of drug-likeness (QED) is 0.413. The molecule has 3 aromatic heterocycles. The number of nitrogens with zero attached hydrogens (tertiary/aromatic N) is 9. The van der Waals surface area contributed by atoms with Crippen LogP contribution in [0.4, 0.5) is 5.82 Å². The first kappa shape index (κ1) is 20.5. The maximum Gasteiger partial charge on any atom is 0.229 e. The Hall–Kier alpha value is -3.41. The van der Waals surface area contributed by atoms with Crippen LogP contribution in [0.1, 0.15) is 55.9 Å². The van der Waals surface area contributed by atoms with Crippen LogP contribution in [0.2, 0.25) is 0 Å². The van der Waals surface area contributed by atoms with Crippen molar-refractivity contribution in [3.63, 3.8) is 0 Å². The van der Waals surface area contributed by atoms with E-state index in [4.69, 9.17) is 9.26 Å². The second kappa shape index (κ2) is 8.99. The van der Waals surface area contributed by atoms with Gasteiger partial charge in [0.1, 0.15) is 24.4 Å². The zero-order valence-electron chi connectivity index (χ0n) is 17.8. The van der Waals surface area contributed by atoms with Crippen molar-refractivity contribution in [1.29, 1.82) is 0 Å². The summed E-state index contributed by atoms with van der Waals surface area (Å²) in [6, 6.07) is 7.58. The highest BCUT2D eigenvalue weighted by atomic mass is 32.1. The first-order valence-electron chi connectivity index (χ1n) is 10.5. The Kier molecular flexibility index (Phi) is 5.75. The molecular formula is C20H23N9O2S. The van der Waals surface area contributed by atoms with E-state index in [1.165, 1.54) is 11.7 Å². The van der Waals surface area contributed by atoms with Gasteiger partial charge >= 0.3 is 0 Å². The molecule has 0 amide bonds. The van der Waals surface area contributed by atoms with E-state index in [1.807, 2.05) is 24.3 Å². The van der Waals surface area contributed by atoms with E-state index in [1.54, 1.807) is 11.0 Å². The highest BCUT2D eigenvalue weighted by Gasteiger charge is 2.28. The SMILES string of the molecule is CC(C)c1noc(C2CCN(c3nsnc3COc3ccc(-n4cnnn4)cc3)CC2)n1. The van der Waals surface area contributed by atoms with Crippen molar-refractivity contribution in [2.24, 2.45) is 0 Å². The Bertz CT molecular complexity index is 1130. The van der Waals surface area contributed by atoms with Crippen molar-refractivity contribution in [2.45, 2.75) is 45.1 Å². The molecule has 0 radical (unpaired) electrons. The average molecular weight is 454 g/mol. The van der Waals surface area contributed by atoms with Crippen LogP contribution in [0.5, 0.6) is 5.75 Å². The normalized spacial score (nSPS) is 14.9. The molecule has 0 spiro atoms. The maximum atomic E-state index is 5.95. The molecule has 166 valence electrons. The van der Waals surface area contributed by atoms with Crippen LogP contribution >= 0.6 is 11.7 Å². The van der Waals surface area contributed by atoms with Crippen LogP contribution in [0.25, 0.3) is 5.69 Å². The van der Waals surface area contributed by atoms with Crippen molar-refractivity contribution in [3.05, 3.63) is 48.0 Å². The monoisotopic (exact) mass is 453 g/mol. The van der Waals surface area contributed by atoms with E-state index < -0.39 is 0 Å². The van der Waals surface area contributed by atoms with Gasteiger partial charge in [0.05, 0.1) is 17.4 Å². The minimum atomic E-state index is 0.270. The number of tetrazole rings is 1. The minimum absolute atomic E-state index is 0.270. The summed E-state index contributed by atoms with van der Waals surface area (Å²) in [7, 11) is 0. The van der Waals surface area contributed by atoms with Crippen LogP contribution < -0.4 is 9.64 Å². The van der Waals surface area contributed by atoms with Gasteiger partial charge in [-0.05, 0) is 47.5 Å². The fraction of sp³-hybridized carbons (Fsp3) is 0.450. The summed E-state index contributed by atoms with van der Waals surface area (Å²) < 4.78 is 22.0. The van der Waals surface area contributed by atoms with Gasteiger partial charge in [-0.1, -0.05) is 19.0 Å². The van der Waals surface area contributed by atoms with Crippen molar-refractivity contribution >= 4 is 17.5 Å². The third-order valence-electron chi connectivity index (χ3n) is 5.48. The Morgan fingerprint density at radius 3 is 2.66 bits per heavy atom. The molecule has 0 saturated carbocycles. The molecule has 12 heteroatoms. The average Bonchev–Trinajstić information content (AvgIpc) is 3.60. The van der Waals surface area contributed by atoms with Crippen molar-refractivity contribution < 1.29 is 9.26 Å². The molecule has 5 rings (SSSR count). The number of piperidine rings is 1. The molecule has 4 heterocycles. The molecule has 1 fully saturated rings. The third kappa shape index (κ3) is 4.31. The van der Waals surface area contributed by atoms with Gasteiger partial charge in [0.15, 0.2) is 11.6 Å². The van der Waals surface area contributed by atoms with Crippen LogP contribution in [-0.2, 0) is 6.61 Å². The molecule has 1 aromatic carbocycles. The van der Waals surface area contributed by atoms with Crippen LogP contribution in [-0.4, -0.2) is 52.2 Å². The molecular weight excluding hydrogens is 430 g/mol. The molecule has 1 aliphatic heterocycles. The third-order valence-corrected chi connectivity index (χ3v) is 6.04. The zero-order chi connectivity index (χ0) is 21.9. The first-order valence-corrected chi connectivity index (χ1v) is 11.3. The second-order valence-electron chi connectivity index (χ2n) is 7.98. The van der Waals surface area contributed by atoms with Gasteiger partial charge in [-0.2, -0.15) is 13.7 Å². The van der Waals surface area contributed by atoms with Gasteiger partial charge < -0.3 is 14.2 Å². The Labute approximate surface area is 188 Å². The van der Waals surface area contributed by atoms with Crippen LogP contribution in [0, 0.1) is 0 Å². The second-order valence-corrected chi connectivity index (χ2v) is 8.51.